The van der Waals surface area contributed by atoms with Crippen LogP contribution in [-0.4, -0.2) is 32.3 Å². The second-order valence-corrected chi connectivity index (χ2v) is 3.86. The molecular formula is C9H10F3N5. The highest BCUT2D eigenvalue weighted by Gasteiger charge is 2.39. The van der Waals surface area contributed by atoms with Crippen LogP contribution < -0.4 is 0 Å². The van der Waals surface area contributed by atoms with Gasteiger partial charge in [-0.3, -0.25) is 4.90 Å². The first-order valence-electron chi connectivity index (χ1n) is 5.06. The third-order valence-electron chi connectivity index (χ3n) is 2.77. The first kappa shape index (κ1) is 11.9. The summed E-state index contributed by atoms with van der Waals surface area (Å²) >= 11 is 0. The number of rotatable bonds is 1. The van der Waals surface area contributed by atoms with Crippen LogP contribution in [0.5, 0.6) is 0 Å². The van der Waals surface area contributed by atoms with Gasteiger partial charge in [0.15, 0.2) is 0 Å². The molecule has 8 heteroatoms. The Balaban J connectivity index is 2.25. The van der Waals surface area contributed by atoms with Crippen molar-refractivity contribution in [3.8, 4) is 6.07 Å². The Bertz CT molecular complexity index is 458. The molecule has 2 rings (SSSR count). The Labute approximate surface area is 95.5 Å². The van der Waals surface area contributed by atoms with Crippen molar-refractivity contribution in [1.82, 2.24) is 19.7 Å². The van der Waals surface area contributed by atoms with Crippen LogP contribution in [0.2, 0.25) is 0 Å². The van der Waals surface area contributed by atoms with Crippen molar-refractivity contribution in [3.63, 3.8) is 0 Å². The van der Waals surface area contributed by atoms with Crippen molar-refractivity contribution < 1.29 is 13.2 Å². The van der Waals surface area contributed by atoms with Gasteiger partial charge in [-0.05, 0) is 6.92 Å². The van der Waals surface area contributed by atoms with Crippen molar-refractivity contribution in [2.24, 2.45) is 0 Å². The molecule has 0 radical (unpaired) electrons. The van der Waals surface area contributed by atoms with Crippen molar-refractivity contribution in [2.45, 2.75) is 32.2 Å². The zero-order chi connectivity index (χ0) is 12.6. The number of nitrogens with zero attached hydrogens (tertiary/aromatic N) is 5. The Kier molecular flexibility index (Phi) is 2.79. The van der Waals surface area contributed by atoms with E-state index in [0.717, 1.165) is 4.57 Å². The molecule has 1 aromatic heterocycles. The fourth-order valence-electron chi connectivity index (χ4n) is 1.80. The molecule has 0 amide bonds. The number of halogens is 3. The maximum absolute atomic E-state index is 12.5. The van der Waals surface area contributed by atoms with Crippen molar-refractivity contribution >= 4 is 0 Å². The summed E-state index contributed by atoms with van der Waals surface area (Å²) in [7, 11) is 0. The van der Waals surface area contributed by atoms with Gasteiger partial charge in [-0.1, -0.05) is 0 Å². The summed E-state index contributed by atoms with van der Waals surface area (Å²) in [6.07, 6.45) is -4.48. The van der Waals surface area contributed by atoms with E-state index in [1.165, 1.54) is 0 Å². The van der Waals surface area contributed by atoms with Crippen LogP contribution in [0.15, 0.2) is 0 Å². The third kappa shape index (κ3) is 2.10. The molecule has 0 N–H and O–H groups in total. The molecule has 17 heavy (non-hydrogen) atoms. The summed E-state index contributed by atoms with van der Waals surface area (Å²) in [5.41, 5.74) is 0. The number of aromatic nitrogens is 3. The van der Waals surface area contributed by atoms with Crippen LogP contribution >= 0.6 is 0 Å². The molecule has 0 fully saturated rings. The Morgan fingerprint density at radius 2 is 2.06 bits per heavy atom. The molecule has 92 valence electrons. The van der Waals surface area contributed by atoms with Crippen LogP contribution in [0.25, 0.3) is 0 Å². The van der Waals surface area contributed by atoms with Crippen LogP contribution in [-0.2, 0) is 19.3 Å². The number of alkyl halides is 3. The van der Waals surface area contributed by atoms with Gasteiger partial charge >= 0.3 is 6.18 Å². The maximum atomic E-state index is 12.5. The van der Waals surface area contributed by atoms with Gasteiger partial charge in [0.2, 0.25) is 5.82 Å². The SMILES string of the molecule is CC(C#N)N1CCn2c(nnc2C(F)(F)F)C1. The molecule has 1 aliphatic rings. The molecule has 0 aliphatic carbocycles. The highest BCUT2D eigenvalue weighted by molar-refractivity contribution is 5.04. The normalized spacial score (nSPS) is 18.5. The summed E-state index contributed by atoms with van der Waals surface area (Å²) in [5, 5.41) is 15.5. The maximum Gasteiger partial charge on any atom is 0.451 e. The van der Waals surface area contributed by atoms with Gasteiger partial charge in [0.1, 0.15) is 5.82 Å². The molecule has 0 bridgehead atoms. The van der Waals surface area contributed by atoms with E-state index in [9.17, 15) is 13.2 Å². The van der Waals surface area contributed by atoms with Gasteiger partial charge in [-0.25, -0.2) is 0 Å². The van der Waals surface area contributed by atoms with Gasteiger partial charge in [0, 0.05) is 13.1 Å². The molecule has 5 nitrogen and oxygen atoms in total. The van der Waals surface area contributed by atoms with E-state index >= 15 is 0 Å². The molecule has 1 aliphatic heterocycles. The van der Waals surface area contributed by atoms with Gasteiger partial charge in [0.05, 0.1) is 18.7 Å². The van der Waals surface area contributed by atoms with Crippen molar-refractivity contribution in [3.05, 3.63) is 11.6 Å². The highest BCUT2D eigenvalue weighted by atomic mass is 19.4. The molecule has 1 atom stereocenters. The van der Waals surface area contributed by atoms with Gasteiger partial charge in [-0.2, -0.15) is 18.4 Å². The minimum Gasteiger partial charge on any atom is -0.305 e. The molecule has 0 aromatic carbocycles. The van der Waals surface area contributed by atoms with E-state index in [0.29, 0.717) is 6.54 Å². The van der Waals surface area contributed by atoms with Crippen LogP contribution in [0, 0.1) is 11.3 Å². The molecular weight excluding hydrogens is 235 g/mol. The third-order valence-corrected chi connectivity index (χ3v) is 2.77. The lowest BCUT2D eigenvalue weighted by atomic mass is 10.2. The Morgan fingerprint density at radius 1 is 1.35 bits per heavy atom. The summed E-state index contributed by atoms with van der Waals surface area (Å²) in [6.45, 7) is 2.47. The molecule has 0 saturated carbocycles. The molecule has 1 aromatic rings. The number of fused-ring (bicyclic) bond motifs is 1. The average molecular weight is 245 g/mol. The Morgan fingerprint density at radius 3 is 2.65 bits per heavy atom. The minimum absolute atomic E-state index is 0.156. The minimum atomic E-state index is -4.48. The van der Waals surface area contributed by atoms with Crippen molar-refractivity contribution in [1.29, 1.82) is 5.26 Å². The van der Waals surface area contributed by atoms with Crippen LogP contribution in [0.3, 0.4) is 0 Å². The smallest absolute Gasteiger partial charge is 0.305 e. The zero-order valence-corrected chi connectivity index (χ0v) is 9.07. The number of hydrogen-bond acceptors (Lipinski definition) is 4. The van der Waals surface area contributed by atoms with E-state index in [1.54, 1.807) is 11.8 Å². The lowest BCUT2D eigenvalue weighted by Gasteiger charge is -2.29. The average Bonchev–Trinajstić information content (AvgIpc) is 2.70. The molecule has 2 heterocycles. The zero-order valence-electron chi connectivity index (χ0n) is 9.07. The van der Waals surface area contributed by atoms with Gasteiger partial charge < -0.3 is 4.57 Å². The van der Waals surface area contributed by atoms with Gasteiger partial charge in [0.25, 0.3) is 0 Å². The molecule has 0 saturated heterocycles. The quantitative estimate of drug-likeness (QED) is 0.741. The fraction of sp³-hybridized carbons (Fsp3) is 0.667. The summed E-state index contributed by atoms with van der Waals surface area (Å²) in [5.74, 6) is -0.706. The predicted molar refractivity (Wildman–Crippen MR) is 50.5 cm³/mol. The summed E-state index contributed by atoms with van der Waals surface area (Å²) in [4.78, 5) is 1.77. The standard InChI is InChI=1S/C9H10F3N5/c1-6(4-13)16-2-3-17-7(5-16)14-15-8(17)9(10,11)12/h6H,2-3,5H2,1H3. The van der Waals surface area contributed by atoms with Crippen molar-refractivity contribution in [2.75, 3.05) is 6.54 Å². The first-order valence-corrected chi connectivity index (χ1v) is 5.06. The first-order chi connectivity index (χ1) is 7.93. The van der Waals surface area contributed by atoms with E-state index in [1.807, 2.05) is 6.07 Å². The van der Waals surface area contributed by atoms with E-state index in [-0.39, 0.29) is 25.0 Å². The van der Waals surface area contributed by atoms with Crippen LogP contribution in [0.1, 0.15) is 18.6 Å². The fourth-order valence-corrected chi connectivity index (χ4v) is 1.80. The number of nitriles is 1. The predicted octanol–water partition coefficient (Wildman–Crippen LogP) is 1.02. The topological polar surface area (TPSA) is 57.7 Å². The van der Waals surface area contributed by atoms with Gasteiger partial charge in [-0.15, -0.1) is 10.2 Å². The van der Waals surface area contributed by atoms with E-state index in [2.05, 4.69) is 10.2 Å². The summed E-state index contributed by atoms with van der Waals surface area (Å²) in [6, 6.07) is 1.71. The molecule has 0 spiro atoms. The second-order valence-electron chi connectivity index (χ2n) is 3.86. The second kappa shape index (κ2) is 4.00. The monoisotopic (exact) mass is 245 g/mol. The lowest BCUT2D eigenvalue weighted by Crippen LogP contribution is -2.40. The summed E-state index contributed by atoms with van der Waals surface area (Å²) < 4.78 is 38.7. The van der Waals surface area contributed by atoms with E-state index < -0.39 is 12.0 Å². The largest absolute Gasteiger partial charge is 0.451 e. The highest BCUT2D eigenvalue weighted by Crippen LogP contribution is 2.29. The Hall–Kier alpha value is -1.62. The number of hydrogen-bond donors (Lipinski definition) is 0. The van der Waals surface area contributed by atoms with Crippen LogP contribution in [0.4, 0.5) is 13.2 Å². The van der Waals surface area contributed by atoms with E-state index in [4.69, 9.17) is 5.26 Å². The lowest BCUT2D eigenvalue weighted by molar-refractivity contribution is -0.148. The molecule has 1 unspecified atom stereocenters.